The second kappa shape index (κ2) is 11.1. The molecular weight excluding hydrogens is 476 g/mol. The Morgan fingerprint density at radius 1 is 1.06 bits per heavy atom. The van der Waals surface area contributed by atoms with Crippen LogP contribution < -0.4 is 11.1 Å². The van der Waals surface area contributed by atoms with Gasteiger partial charge in [0.15, 0.2) is 0 Å². The highest BCUT2D eigenvalue weighted by Crippen LogP contribution is 2.36. The lowest BCUT2D eigenvalue weighted by atomic mass is 10.1. The first-order chi connectivity index (χ1) is 17.3. The van der Waals surface area contributed by atoms with Gasteiger partial charge in [-0.2, -0.15) is 0 Å². The van der Waals surface area contributed by atoms with E-state index in [1.165, 1.54) is 11.8 Å². The van der Waals surface area contributed by atoms with Gasteiger partial charge in [0.1, 0.15) is 5.84 Å². The van der Waals surface area contributed by atoms with E-state index in [0.29, 0.717) is 36.3 Å². The number of aliphatic carboxylic acids is 1. The summed E-state index contributed by atoms with van der Waals surface area (Å²) in [5, 5.41) is 19.0. The van der Waals surface area contributed by atoms with Crippen molar-refractivity contribution in [3.05, 3.63) is 95.1 Å². The molecule has 0 saturated carbocycles. The molecule has 1 heterocycles. The van der Waals surface area contributed by atoms with Crippen molar-refractivity contribution in [2.75, 3.05) is 11.9 Å². The number of carbonyl (C=O) groups excluding carboxylic acids is 2. The summed E-state index contributed by atoms with van der Waals surface area (Å²) in [6.45, 7) is 0.777. The topological polar surface area (TPSA) is 137 Å². The molecule has 184 valence electrons. The van der Waals surface area contributed by atoms with E-state index in [4.69, 9.17) is 11.1 Å². The molecule has 0 bridgehead atoms. The molecule has 0 aliphatic carbocycles. The molecule has 8 nitrogen and oxygen atoms in total. The molecule has 1 aliphatic rings. The number of hydrogen-bond acceptors (Lipinski definition) is 5. The van der Waals surface area contributed by atoms with Crippen LogP contribution in [-0.2, 0) is 22.6 Å². The van der Waals surface area contributed by atoms with Crippen molar-refractivity contribution in [2.24, 2.45) is 5.73 Å². The molecule has 0 saturated heterocycles. The van der Waals surface area contributed by atoms with Crippen molar-refractivity contribution in [3.8, 4) is 0 Å². The van der Waals surface area contributed by atoms with E-state index < -0.39 is 11.2 Å². The minimum Gasteiger partial charge on any atom is -0.481 e. The van der Waals surface area contributed by atoms with E-state index in [9.17, 15) is 19.5 Å². The molecule has 9 heteroatoms. The number of thioether (sulfide) groups is 1. The zero-order valence-corrected chi connectivity index (χ0v) is 20.3. The first-order valence-electron chi connectivity index (χ1n) is 11.4. The molecule has 0 unspecified atom stereocenters. The number of carboxylic acid groups (broad SMARTS) is 1. The molecule has 2 amide bonds. The van der Waals surface area contributed by atoms with Gasteiger partial charge in [0, 0.05) is 34.8 Å². The summed E-state index contributed by atoms with van der Waals surface area (Å²) < 4.78 is 0. The van der Waals surface area contributed by atoms with Crippen molar-refractivity contribution in [1.82, 2.24) is 4.90 Å². The van der Waals surface area contributed by atoms with Crippen LogP contribution in [-0.4, -0.2) is 45.4 Å². The largest absolute Gasteiger partial charge is 0.481 e. The second-order valence-corrected chi connectivity index (χ2v) is 9.71. The summed E-state index contributed by atoms with van der Waals surface area (Å²) in [5.41, 5.74) is 8.94. The molecule has 1 aliphatic heterocycles. The number of rotatable bonds is 8. The van der Waals surface area contributed by atoms with Gasteiger partial charge in [-0.15, -0.1) is 11.8 Å². The number of anilines is 1. The molecule has 5 N–H and O–H groups in total. The lowest BCUT2D eigenvalue weighted by Gasteiger charge is -2.23. The summed E-state index contributed by atoms with van der Waals surface area (Å²) in [5.74, 6) is -1.61. The number of nitrogen functional groups attached to an aromatic ring is 1. The van der Waals surface area contributed by atoms with Crippen LogP contribution in [0.5, 0.6) is 0 Å². The Bertz CT molecular complexity index is 1290. The number of carbonyl (C=O) groups is 3. The third-order valence-electron chi connectivity index (χ3n) is 5.87. The van der Waals surface area contributed by atoms with Gasteiger partial charge in [0.2, 0.25) is 5.91 Å². The highest BCUT2D eigenvalue weighted by atomic mass is 32.2. The quantitative estimate of drug-likeness (QED) is 0.274. The fraction of sp³-hybridized carbons (Fsp3) is 0.185. The number of carboxylic acids is 1. The fourth-order valence-corrected chi connectivity index (χ4v) is 5.18. The molecule has 4 rings (SSSR count). The van der Waals surface area contributed by atoms with E-state index in [1.807, 2.05) is 42.5 Å². The predicted octanol–water partition coefficient (Wildman–Crippen LogP) is 3.74. The number of fused-ring (bicyclic) bond motifs is 1. The Labute approximate surface area is 213 Å². The summed E-state index contributed by atoms with van der Waals surface area (Å²) in [6, 6.07) is 21.6. The molecule has 1 atom stereocenters. The first-order valence-corrected chi connectivity index (χ1v) is 12.3. The molecular formula is C27H26N4O4S. The molecule has 36 heavy (non-hydrogen) atoms. The van der Waals surface area contributed by atoms with E-state index in [0.717, 1.165) is 16.0 Å². The normalized spacial score (nSPS) is 15.1. The Hall–Kier alpha value is -4.11. The number of amidine groups is 1. The summed E-state index contributed by atoms with van der Waals surface area (Å²) in [7, 11) is 0. The van der Waals surface area contributed by atoms with Gasteiger partial charge in [0.25, 0.3) is 5.91 Å². The molecule has 3 aromatic rings. The Balaban J connectivity index is 1.55. The highest BCUT2D eigenvalue weighted by molar-refractivity contribution is 8.00. The lowest BCUT2D eigenvalue weighted by Crippen LogP contribution is -2.38. The van der Waals surface area contributed by atoms with Crippen LogP contribution in [0.15, 0.2) is 77.7 Å². The second-order valence-electron chi connectivity index (χ2n) is 8.47. The number of nitrogens with two attached hydrogens (primary N) is 1. The van der Waals surface area contributed by atoms with Crippen LogP contribution in [0.1, 0.15) is 33.5 Å². The van der Waals surface area contributed by atoms with Gasteiger partial charge >= 0.3 is 5.97 Å². The predicted molar refractivity (Wildman–Crippen MR) is 139 cm³/mol. The number of hydrogen-bond donors (Lipinski definition) is 4. The zero-order valence-electron chi connectivity index (χ0n) is 19.4. The monoisotopic (exact) mass is 502 g/mol. The maximum atomic E-state index is 13.2. The van der Waals surface area contributed by atoms with Crippen LogP contribution in [0.4, 0.5) is 5.69 Å². The van der Waals surface area contributed by atoms with E-state index in [1.54, 1.807) is 35.2 Å². The van der Waals surface area contributed by atoms with Crippen molar-refractivity contribution in [1.29, 1.82) is 5.41 Å². The van der Waals surface area contributed by atoms with Crippen LogP contribution in [0.2, 0.25) is 0 Å². The average molecular weight is 503 g/mol. The maximum absolute atomic E-state index is 13.2. The Kier molecular flexibility index (Phi) is 7.70. The molecule has 0 spiro atoms. The third-order valence-corrected chi connectivity index (χ3v) is 7.17. The fourth-order valence-electron chi connectivity index (χ4n) is 3.98. The van der Waals surface area contributed by atoms with Gasteiger partial charge < -0.3 is 21.1 Å². The number of nitrogens with one attached hydrogen (secondary N) is 2. The Morgan fingerprint density at radius 3 is 2.42 bits per heavy atom. The van der Waals surface area contributed by atoms with Gasteiger partial charge in [-0.25, -0.2) is 0 Å². The zero-order chi connectivity index (χ0) is 25.7. The average Bonchev–Trinajstić information content (AvgIpc) is 2.99. The van der Waals surface area contributed by atoms with Gasteiger partial charge in [-0.3, -0.25) is 19.8 Å². The minimum absolute atomic E-state index is 0.0715. The smallest absolute Gasteiger partial charge is 0.305 e. The minimum atomic E-state index is -1.02. The maximum Gasteiger partial charge on any atom is 0.305 e. The first kappa shape index (κ1) is 25.0. The lowest BCUT2D eigenvalue weighted by molar-refractivity contribution is -0.140. The number of amides is 2. The van der Waals surface area contributed by atoms with Crippen molar-refractivity contribution < 1.29 is 19.5 Å². The van der Waals surface area contributed by atoms with Crippen molar-refractivity contribution in [2.45, 2.75) is 29.5 Å². The van der Waals surface area contributed by atoms with Gasteiger partial charge in [-0.05, 0) is 47.9 Å². The van der Waals surface area contributed by atoms with E-state index >= 15 is 0 Å². The standard InChI is InChI=1S/C27H26N4O4S/c28-25(29)18-6-8-19(9-7-18)26(34)30-21-10-11-22-20(14-21)16-31(13-12-17-4-2-1-3-5-17)27(35)23(36-22)15-24(32)33/h1-11,14,23H,12-13,15-16H2,(H3,28,29)(H,30,34)(H,32,33)/t23-/m1/s1. The summed E-state index contributed by atoms with van der Waals surface area (Å²) in [4.78, 5) is 40.0. The molecule has 0 radical (unpaired) electrons. The third kappa shape index (κ3) is 6.11. The van der Waals surface area contributed by atoms with Crippen LogP contribution in [0, 0.1) is 5.41 Å². The van der Waals surface area contributed by atoms with Crippen molar-refractivity contribution >= 4 is 41.1 Å². The van der Waals surface area contributed by atoms with Crippen LogP contribution in [0.25, 0.3) is 0 Å². The van der Waals surface area contributed by atoms with E-state index in [-0.39, 0.29) is 24.1 Å². The number of benzene rings is 3. The number of nitrogens with zero attached hydrogens (tertiary/aromatic N) is 1. The highest BCUT2D eigenvalue weighted by Gasteiger charge is 2.32. The SMILES string of the molecule is N=C(N)c1ccc(C(=O)Nc2ccc3c(c2)CN(CCc2ccccc2)C(=O)[C@@H](CC(=O)O)S3)cc1. The summed E-state index contributed by atoms with van der Waals surface area (Å²) >= 11 is 1.25. The van der Waals surface area contributed by atoms with Gasteiger partial charge in [0.05, 0.1) is 11.7 Å². The van der Waals surface area contributed by atoms with Crippen LogP contribution in [0.3, 0.4) is 0 Å². The van der Waals surface area contributed by atoms with Crippen LogP contribution >= 0.6 is 11.8 Å². The molecule has 0 aromatic heterocycles. The summed E-state index contributed by atoms with van der Waals surface area (Å²) in [6.07, 6.45) is 0.387. The van der Waals surface area contributed by atoms with Crippen molar-refractivity contribution in [3.63, 3.8) is 0 Å². The van der Waals surface area contributed by atoms with Gasteiger partial charge in [-0.1, -0.05) is 42.5 Å². The Morgan fingerprint density at radius 2 is 1.75 bits per heavy atom. The van der Waals surface area contributed by atoms with E-state index in [2.05, 4.69) is 5.32 Å². The molecule has 0 fully saturated rings. The molecule has 3 aromatic carbocycles.